The summed E-state index contributed by atoms with van der Waals surface area (Å²) in [5, 5.41) is 3.58. The molecular formula is C14H20Cl2N2. The van der Waals surface area contributed by atoms with Gasteiger partial charge in [0.2, 0.25) is 0 Å². The van der Waals surface area contributed by atoms with Crippen molar-refractivity contribution in [1.82, 2.24) is 10.4 Å². The van der Waals surface area contributed by atoms with Crippen molar-refractivity contribution in [3.8, 4) is 0 Å². The Morgan fingerprint density at radius 1 is 1.17 bits per heavy atom. The zero-order chi connectivity index (χ0) is 13.0. The van der Waals surface area contributed by atoms with E-state index in [4.69, 9.17) is 23.2 Å². The van der Waals surface area contributed by atoms with Gasteiger partial charge >= 0.3 is 0 Å². The van der Waals surface area contributed by atoms with Crippen LogP contribution >= 0.6 is 23.2 Å². The fraction of sp³-hybridized carbons (Fsp3) is 0.571. The van der Waals surface area contributed by atoms with Gasteiger partial charge in [0.25, 0.3) is 0 Å². The Balaban J connectivity index is 2.04. The van der Waals surface area contributed by atoms with Gasteiger partial charge in [-0.2, -0.15) is 0 Å². The van der Waals surface area contributed by atoms with Crippen LogP contribution in [0, 0.1) is 0 Å². The predicted molar refractivity (Wildman–Crippen MR) is 78.1 cm³/mol. The van der Waals surface area contributed by atoms with Crippen molar-refractivity contribution in [2.24, 2.45) is 0 Å². The highest BCUT2D eigenvalue weighted by atomic mass is 35.5. The molecule has 0 radical (unpaired) electrons. The molecule has 0 aliphatic carbocycles. The van der Waals surface area contributed by atoms with Gasteiger partial charge in [-0.1, -0.05) is 42.6 Å². The highest BCUT2D eigenvalue weighted by molar-refractivity contribution is 6.42. The summed E-state index contributed by atoms with van der Waals surface area (Å²) < 4.78 is 0. The zero-order valence-corrected chi connectivity index (χ0v) is 12.3. The number of rotatable bonds is 4. The monoisotopic (exact) mass is 286 g/mol. The summed E-state index contributed by atoms with van der Waals surface area (Å²) >= 11 is 12.0. The molecule has 0 bridgehead atoms. The lowest BCUT2D eigenvalue weighted by Gasteiger charge is -2.31. The van der Waals surface area contributed by atoms with Crippen LogP contribution in [0.4, 0.5) is 0 Å². The van der Waals surface area contributed by atoms with Crippen molar-refractivity contribution in [3.63, 3.8) is 0 Å². The molecule has 1 N–H and O–H groups in total. The van der Waals surface area contributed by atoms with Crippen molar-refractivity contribution in [3.05, 3.63) is 33.8 Å². The molecule has 0 aromatic heterocycles. The summed E-state index contributed by atoms with van der Waals surface area (Å²) in [6.07, 6.45) is 4.95. The van der Waals surface area contributed by atoms with Gasteiger partial charge in [0, 0.05) is 19.1 Å². The maximum Gasteiger partial charge on any atom is 0.0595 e. The topological polar surface area (TPSA) is 15.3 Å². The number of nitrogens with zero attached hydrogens (tertiary/aromatic N) is 1. The molecule has 0 amide bonds. The highest BCUT2D eigenvalue weighted by Gasteiger charge is 2.16. The van der Waals surface area contributed by atoms with E-state index in [-0.39, 0.29) is 0 Å². The highest BCUT2D eigenvalue weighted by Crippen LogP contribution is 2.27. The van der Waals surface area contributed by atoms with E-state index >= 15 is 0 Å². The first-order valence-corrected chi connectivity index (χ1v) is 7.42. The number of hydrogen-bond donors (Lipinski definition) is 1. The van der Waals surface area contributed by atoms with E-state index in [2.05, 4.69) is 23.4 Å². The standard InChI is InChI=1S/C14H20Cl2N2/c1-2-14(17-18-8-4-3-5-9-18)11-6-7-12(15)13(16)10-11/h6-7,10,14,17H,2-5,8-9H2,1H3. The molecule has 18 heavy (non-hydrogen) atoms. The lowest BCUT2D eigenvalue weighted by atomic mass is 10.1. The minimum absolute atomic E-state index is 0.317. The third-order valence-corrected chi connectivity index (χ3v) is 4.19. The molecule has 1 saturated heterocycles. The molecule has 1 aromatic carbocycles. The Bertz CT molecular complexity index is 389. The first kappa shape index (κ1) is 14.1. The van der Waals surface area contributed by atoms with Crippen LogP contribution in [-0.2, 0) is 0 Å². The molecule has 0 saturated carbocycles. The predicted octanol–water partition coefficient (Wildman–Crippen LogP) is 4.44. The van der Waals surface area contributed by atoms with Crippen LogP contribution in [0.5, 0.6) is 0 Å². The lowest BCUT2D eigenvalue weighted by Crippen LogP contribution is -2.43. The lowest BCUT2D eigenvalue weighted by molar-refractivity contribution is 0.126. The Morgan fingerprint density at radius 3 is 2.50 bits per heavy atom. The van der Waals surface area contributed by atoms with Gasteiger partial charge < -0.3 is 0 Å². The molecule has 1 aliphatic rings. The molecule has 100 valence electrons. The van der Waals surface area contributed by atoms with Crippen LogP contribution in [0.3, 0.4) is 0 Å². The Morgan fingerprint density at radius 2 is 1.89 bits per heavy atom. The zero-order valence-electron chi connectivity index (χ0n) is 10.8. The average Bonchev–Trinajstić information content (AvgIpc) is 2.40. The number of benzene rings is 1. The fourth-order valence-corrected chi connectivity index (χ4v) is 2.68. The van der Waals surface area contributed by atoms with E-state index < -0.39 is 0 Å². The number of hydrazine groups is 1. The van der Waals surface area contributed by atoms with Gasteiger partial charge in [-0.05, 0) is 37.0 Å². The van der Waals surface area contributed by atoms with Crippen LogP contribution in [0.15, 0.2) is 18.2 Å². The van der Waals surface area contributed by atoms with Crippen molar-refractivity contribution in [2.75, 3.05) is 13.1 Å². The second-order valence-corrected chi connectivity index (χ2v) is 5.63. The van der Waals surface area contributed by atoms with E-state index in [9.17, 15) is 0 Å². The summed E-state index contributed by atoms with van der Waals surface area (Å²) in [5.41, 5.74) is 4.81. The summed E-state index contributed by atoms with van der Waals surface area (Å²) in [4.78, 5) is 0. The smallest absolute Gasteiger partial charge is 0.0595 e. The third-order valence-electron chi connectivity index (χ3n) is 3.45. The second kappa shape index (κ2) is 6.76. The molecule has 4 heteroatoms. The van der Waals surface area contributed by atoms with Crippen LogP contribution in [0.25, 0.3) is 0 Å². The van der Waals surface area contributed by atoms with E-state index in [0.717, 1.165) is 19.5 Å². The number of hydrogen-bond acceptors (Lipinski definition) is 2. The third kappa shape index (κ3) is 3.61. The maximum atomic E-state index is 6.08. The molecule has 1 aromatic rings. The maximum absolute atomic E-state index is 6.08. The molecular weight excluding hydrogens is 267 g/mol. The summed E-state index contributed by atoms with van der Waals surface area (Å²) in [6, 6.07) is 6.21. The quantitative estimate of drug-likeness (QED) is 0.881. The summed E-state index contributed by atoms with van der Waals surface area (Å²) in [6.45, 7) is 4.46. The van der Waals surface area contributed by atoms with Crippen molar-refractivity contribution >= 4 is 23.2 Å². The van der Waals surface area contributed by atoms with Gasteiger partial charge in [0.1, 0.15) is 0 Å². The molecule has 1 aliphatic heterocycles. The Labute approximate surface area is 119 Å². The van der Waals surface area contributed by atoms with Crippen LogP contribution in [0.2, 0.25) is 10.0 Å². The van der Waals surface area contributed by atoms with Gasteiger partial charge in [0.15, 0.2) is 0 Å². The second-order valence-electron chi connectivity index (χ2n) is 4.81. The minimum atomic E-state index is 0.317. The molecule has 0 spiro atoms. The van der Waals surface area contributed by atoms with Crippen LogP contribution in [-0.4, -0.2) is 18.1 Å². The first-order chi connectivity index (χ1) is 8.70. The molecule has 2 rings (SSSR count). The summed E-state index contributed by atoms with van der Waals surface area (Å²) in [7, 11) is 0. The normalized spacial score (nSPS) is 18.8. The number of piperidine rings is 1. The molecule has 1 fully saturated rings. The first-order valence-electron chi connectivity index (χ1n) is 6.66. The minimum Gasteiger partial charge on any atom is -0.248 e. The molecule has 1 unspecified atom stereocenters. The summed E-state index contributed by atoms with van der Waals surface area (Å²) in [5.74, 6) is 0. The van der Waals surface area contributed by atoms with E-state index in [0.29, 0.717) is 16.1 Å². The molecule has 1 atom stereocenters. The van der Waals surface area contributed by atoms with E-state index in [1.54, 1.807) is 0 Å². The number of nitrogens with one attached hydrogen (secondary N) is 1. The van der Waals surface area contributed by atoms with Gasteiger partial charge in [-0.25, -0.2) is 10.4 Å². The molecule has 2 nitrogen and oxygen atoms in total. The van der Waals surface area contributed by atoms with E-state index in [1.807, 2.05) is 12.1 Å². The number of halogens is 2. The Hall–Kier alpha value is -0.280. The van der Waals surface area contributed by atoms with E-state index in [1.165, 1.54) is 24.8 Å². The van der Waals surface area contributed by atoms with Crippen molar-refractivity contribution in [2.45, 2.75) is 38.6 Å². The van der Waals surface area contributed by atoms with Crippen molar-refractivity contribution < 1.29 is 0 Å². The molecule has 1 heterocycles. The van der Waals surface area contributed by atoms with Crippen LogP contribution in [0.1, 0.15) is 44.2 Å². The fourth-order valence-electron chi connectivity index (χ4n) is 2.37. The largest absolute Gasteiger partial charge is 0.248 e. The van der Waals surface area contributed by atoms with Gasteiger partial charge in [-0.15, -0.1) is 0 Å². The van der Waals surface area contributed by atoms with Gasteiger partial charge in [-0.3, -0.25) is 0 Å². The SMILES string of the molecule is CCC(NN1CCCCC1)c1ccc(Cl)c(Cl)c1. The van der Waals surface area contributed by atoms with Gasteiger partial charge in [0.05, 0.1) is 10.0 Å². The van der Waals surface area contributed by atoms with Crippen molar-refractivity contribution in [1.29, 1.82) is 0 Å². The average molecular weight is 287 g/mol. The Kier molecular flexibility index (Phi) is 5.31. The van der Waals surface area contributed by atoms with Crippen LogP contribution < -0.4 is 5.43 Å².